The molecule has 164 valence electrons. The molecule has 0 saturated heterocycles. The Morgan fingerprint density at radius 1 is 1.06 bits per heavy atom. The average molecular weight is 421 g/mol. The van der Waals surface area contributed by atoms with Gasteiger partial charge in [-0.1, -0.05) is 42.5 Å². The minimum atomic E-state index is -0.628. The lowest BCUT2D eigenvalue weighted by molar-refractivity contribution is -0.132. The molecular formula is C26H32N2O3. The van der Waals surface area contributed by atoms with Crippen LogP contribution in [0.15, 0.2) is 48.5 Å². The Hall–Kier alpha value is -2.37. The Balaban J connectivity index is 1.36. The summed E-state index contributed by atoms with van der Waals surface area (Å²) in [7, 11) is 1.68. The molecule has 2 N–H and O–H groups in total. The van der Waals surface area contributed by atoms with Crippen LogP contribution in [0.1, 0.15) is 48.4 Å². The average Bonchev–Trinajstić information content (AvgIpc) is 3.70. The number of nitrogens with one attached hydrogen (secondary N) is 1. The van der Waals surface area contributed by atoms with Crippen molar-refractivity contribution in [3.63, 3.8) is 0 Å². The van der Waals surface area contributed by atoms with Crippen molar-refractivity contribution < 1.29 is 14.6 Å². The number of fused-ring (bicyclic) bond motifs is 1. The van der Waals surface area contributed by atoms with Gasteiger partial charge in [0.1, 0.15) is 5.75 Å². The number of aliphatic hydroxyl groups is 1. The standard InChI is InChI=1S/C26H32N2O3/c1-31-23-9-5-4-8-22(23)25-21-7-3-2-6-18(21)14-15-28(25)24(29)16-27-17-26(30,19-10-11-19)20-12-13-20/h2-9,19-20,25,27,30H,10-17H2,1H3/t25-/m1/s1. The van der Waals surface area contributed by atoms with Gasteiger partial charge in [0, 0.05) is 18.7 Å². The number of benzene rings is 2. The van der Waals surface area contributed by atoms with Crippen molar-refractivity contribution in [2.75, 3.05) is 26.7 Å². The number of ether oxygens (including phenoxy) is 1. The summed E-state index contributed by atoms with van der Waals surface area (Å²) in [6, 6.07) is 16.2. The minimum Gasteiger partial charge on any atom is -0.496 e. The molecule has 1 aliphatic heterocycles. The number of nitrogens with zero attached hydrogens (tertiary/aromatic N) is 1. The second kappa shape index (κ2) is 8.29. The molecule has 2 saturated carbocycles. The van der Waals surface area contributed by atoms with Crippen LogP contribution in [0, 0.1) is 11.8 Å². The molecule has 2 aliphatic carbocycles. The van der Waals surface area contributed by atoms with Crippen LogP contribution in [-0.2, 0) is 11.2 Å². The van der Waals surface area contributed by atoms with Crippen molar-refractivity contribution in [3.8, 4) is 5.75 Å². The van der Waals surface area contributed by atoms with E-state index >= 15 is 0 Å². The van der Waals surface area contributed by atoms with Gasteiger partial charge < -0.3 is 20.1 Å². The van der Waals surface area contributed by atoms with Gasteiger partial charge in [0.05, 0.1) is 25.3 Å². The highest BCUT2D eigenvalue weighted by Gasteiger charge is 2.52. The van der Waals surface area contributed by atoms with Gasteiger partial charge in [-0.3, -0.25) is 4.79 Å². The van der Waals surface area contributed by atoms with E-state index in [0.29, 0.717) is 24.9 Å². The molecule has 2 fully saturated rings. The van der Waals surface area contributed by atoms with Crippen molar-refractivity contribution in [3.05, 3.63) is 65.2 Å². The van der Waals surface area contributed by atoms with Crippen LogP contribution in [0.4, 0.5) is 0 Å². The van der Waals surface area contributed by atoms with Gasteiger partial charge in [0.2, 0.25) is 5.91 Å². The van der Waals surface area contributed by atoms with Crippen LogP contribution in [-0.4, -0.2) is 48.3 Å². The third-order valence-electron chi connectivity index (χ3n) is 7.29. The zero-order chi connectivity index (χ0) is 21.4. The largest absolute Gasteiger partial charge is 0.496 e. The summed E-state index contributed by atoms with van der Waals surface area (Å²) < 4.78 is 5.65. The smallest absolute Gasteiger partial charge is 0.237 e. The van der Waals surface area contributed by atoms with E-state index < -0.39 is 5.60 Å². The molecule has 1 heterocycles. The molecule has 5 rings (SSSR count). The topological polar surface area (TPSA) is 61.8 Å². The molecule has 0 unspecified atom stereocenters. The molecular weight excluding hydrogens is 388 g/mol. The summed E-state index contributed by atoms with van der Waals surface area (Å²) in [5.41, 5.74) is 2.83. The zero-order valence-electron chi connectivity index (χ0n) is 18.2. The molecule has 31 heavy (non-hydrogen) atoms. The van der Waals surface area contributed by atoms with Crippen molar-refractivity contribution >= 4 is 5.91 Å². The second-order valence-electron chi connectivity index (χ2n) is 9.32. The highest BCUT2D eigenvalue weighted by Crippen LogP contribution is 2.51. The van der Waals surface area contributed by atoms with E-state index in [-0.39, 0.29) is 18.5 Å². The minimum absolute atomic E-state index is 0.0688. The molecule has 3 aliphatic rings. The third-order valence-corrected chi connectivity index (χ3v) is 7.29. The fourth-order valence-electron chi connectivity index (χ4n) is 5.32. The van der Waals surface area contributed by atoms with Gasteiger partial charge in [0.25, 0.3) is 0 Å². The quantitative estimate of drug-likeness (QED) is 0.688. The predicted octanol–water partition coefficient (Wildman–Crippen LogP) is 3.31. The van der Waals surface area contributed by atoms with Gasteiger partial charge in [-0.05, 0) is 61.1 Å². The number of carbonyl (C=O) groups is 1. The maximum absolute atomic E-state index is 13.4. The van der Waals surface area contributed by atoms with Crippen molar-refractivity contribution in [2.45, 2.75) is 43.7 Å². The van der Waals surface area contributed by atoms with E-state index in [1.807, 2.05) is 29.2 Å². The van der Waals surface area contributed by atoms with Crippen LogP contribution in [0.2, 0.25) is 0 Å². The number of para-hydroxylation sites is 1. The molecule has 0 bridgehead atoms. The first-order valence-corrected chi connectivity index (χ1v) is 11.5. The molecule has 2 aromatic carbocycles. The van der Waals surface area contributed by atoms with Gasteiger partial charge in [-0.15, -0.1) is 0 Å². The molecule has 2 aromatic rings. The van der Waals surface area contributed by atoms with Crippen molar-refractivity contribution in [2.24, 2.45) is 11.8 Å². The maximum atomic E-state index is 13.4. The SMILES string of the molecule is COc1ccccc1[C@H]1c2ccccc2CCN1C(=O)CNCC(O)(C1CC1)C1CC1. The van der Waals surface area contributed by atoms with Gasteiger partial charge in [0.15, 0.2) is 0 Å². The number of hydrogen-bond acceptors (Lipinski definition) is 4. The first-order valence-electron chi connectivity index (χ1n) is 11.5. The first-order chi connectivity index (χ1) is 15.1. The fourth-order valence-corrected chi connectivity index (χ4v) is 5.32. The zero-order valence-corrected chi connectivity index (χ0v) is 18.2. The highest BCUT2D eigenvalue weighted by atomic mass is 16.5. The van der Waals surface area contributed by atoms with Gasteiger partial charge in [-0.2, -0.15) is 0 Å². The van der Waals surface area contributed by atoms with E-state index in [0.717, 1.165) is 43.4 Å². The van der Waals surface area contributed by atoms with Crippen LogP contribution in [0.5, 0.6) is 5.75 Å². The highest BCUT2D eigenvalue weighted by molar-refractivity contribution is 5.80. The summed E-state index contributed by atoms with van der Waals surface area (Å²) in [6.45, 7) is 1.43. The van der Waals surface area contributed by atoms with Crippen LogP contribution < -0.4 is 10.1 Å². The Bertz CT molecular complexity index is 939. The molecule has 1 atom stereocenters. The monoisotopic (exact) mass is 420 g/mol. The van der Waals surface area contributed by atoms with E-state index in [1.165, 1.54) is 11.1 Å². The number of amides is 1. The Morgan fingerprint density at radius 3 is 2.39 bits per heavy atom. The Kier molecular flexibility index (Phi) is 5.49. The summed E-state index contributed by atoms with van der Waals surface area (Å²) in [5, 5.41) is 14.5. The lowest BCUT2D eigenvalue weighted by Gasteiger charge is -2.38. The summed E-state index contributed by atoms with van der Waals surface area (Å²) in [6.07, 6.45) is 5.30. The van der Waals surface area contributed by atoms with E-state index in [9.17, 15) is 9.90 Å². The molecule has 0 radical (unpaired) electrons. The van der Waals surface area contributed by atoms with Crippen molar-refractivity contribution in [1.82, 2.24) is 10.2 Å². The Morgan fingerprint density at radius 2 is 1.71 bits per heavy atom. The van der Waals surface area contributed by atoms with E-state index in [2.05, 4.69) is 29.6 Å². The number of methoxy groups -OCH3 is 1. The summed E-state index contributed by atoms with van der Waals surface area (Å²) >= 11 is 0. The van der Waals surface area contributed by atoms with Gasteiger partial charge >= 0.3 is 0 Å². The second-order valence-corrected chi connectivity index (χ2v) is 9.32. The lowest BCUT2D eigenvalue weighted by atomic mass is 9.87. The van der Waals surface area contributed by atoms with E-state index in [4.69, 9.17) is 4.74 Å². The molecule has 0 aromatic heterocycles. The van der Waals surface area contributed by atoms with Crippen LogP contribution in [0.25, 0.3) is 0 Å². The van der Waals surface area contributed by atoms with E-state index in [1.54, 1.807) is 7.11 Å². The van der Waals surface area contributed by atoms with Gasteiger partial charge in [-0.25, -0.2) is 0 Å². The Labute approximate surface area is 184 Å². The molecule has 5 heteroatoms. The summed E-state index contributed by atoms with van der Waals surface area (Å²) in [5.74, 6) is 1.68. The number of carbonyl (C=O) groups excluding carboxylic acids is 1. The summed E-state index contributed by atoms with van der Waals surface area (Å²) in [4.78, 5) is 15.4. The normalized spacial score (nSPS) is 21.0. The van der Waals surface area contributed by atoms with Crippen molar-refractivity contribution in [1.29, 1.82) is 0 Å². The predicted molar refractivity (Wildman–Crippen MR) is 120 cm³/mol. The van der Waals surface area contributed by atoms with Crippen LogP contribution in [0.3, 0.4) is 0 Å². The number of rotatable bonds is 8. The fraction of sp³-hybridized carbons (Fsp3) is 0.500. The maximum Gasteiger partial charge on any atom is 0.237 e. The third kappa shape index (κ3) is 3.97. The lowest BCUT2D eigenvalue weighted by Crippen LogP contribution is -2.49. The first kappa shape index (κ1) is 20.5. The number of hydrogen-bond donors (Lipinski definition) is 2. The molecule has 1 amide bonds. The molecule has 0 spiro atoms. The molecule has 5 nitrogen and oxygen atoms in total. The van der Waals surface area contributed by atoms with Crippen LogP contribution >= 0.6 is 0 Å².